The van der Waals surface area contributed by atoms with Crippen LogP contribution in [0.15, 0.2) is 18.2 Å². The predicted octanol–water partition coefficient (Wildman–Crippen LogP) is 5.08. The maximum atomic E-state index is 14.1. The molecule has 1 aromatic carbocycles. The molecule has 98 valence electrons. The molecule has 0 nitrogen and oxygen atoms in total. The Morgan fingerprint density at radius 2 is 1.94 bits per heavy atom. The van der Waals surface area contributed by atoms with Crippen LogP contribution in [0.5, 0.6) is 0 Å². The highest BCUT2D eigenvalue weighted by molar-refractivity contribution is 6.22. The number of alkyl halides is 1. The van der Waals surface area contributed by atoms with Gasteiger partial charge in [-0.2, -0.15) is 0 Å². The Labute approximate surface area is 112 Å². The highest BCUT2D eigenvalue weighted by Gasteiger charge is 2.30. The zero-order chi connectivity index (χ0) is 13.5. The summed E-state index contributed by atoms with van der Waals surface area (Å²) in [5, 5.41) is -0.164. The van der Waals surface area contributed by atoms with Gasteiger partial charge in [0.2, 0.25) is 0 Å². The fourth-order valence-corrected chi connectivity index (χ4v) is 3.14. The second-order valence-corrected chi connectivity index (χ2v) is 6.37. The minimum atomic E-state index is -0.508. The molecule has 0 aliphatic heterocycles. The van der Waals surface area contributed by atoms with Crippen LogP contribution in [0.25, 0.3) is 5.57 Å². The average molecular weight is 271 g/mol. The van der Waals surface area contributed by atoms with Crippen molar-refractivity contribution in [2.24, 2.45) is 5.41 Å². The fraction of sp³-hybridized carbons (Fsp3) is 0.467. The van der Waals surface area contributed by atoms with Crippen molar-refractivity contribution in [3.63, 3.8) is 0 Å². The van der Waals surface area contributed by atoms with Crippen molar-refractivity contribution < 1.29 is 8.78 Å². The van der Waals surface area contributed by atoms with Gasteiger partial charge in [0, 0.05) is 5.56 Å². The van der Waals surface area contributed by atoms with E-state index in [0.717, 1.165) is 6.42 Å². The third kappa shape index (κ3) is 2.59. The van der Waals surface area contributed by atoms with E-state index in [2.05, 4.69) is 13.8 Å². The van der Waals surface area contributed by atoms with Gasteiger partial charge in [0.05, 0.1) is 5.38 Å². The summed E-state index contributed by atoms with van der Waals surface area (Å²) in [4.78, 5) is 0. The van der Waals surface area contributed by atoms with Crippen LogP contribution in [0.1, 0.15) is 37.8 Å². The number of hydrogen-bond donors (Lipinski definition) is 0. The molecule has 0 amide bonds. The lowest BCUT2D eigenvalue weighted by Gasteiger charge is -2.32. The van der Waals surface area contributed by atoms with Crippen LogP contribution < -0.4 is 0 Å². The van der Waals surface area contributed by atoms with Gasteiger partial charge in [-0.15, -0.1) is 11.6 Å². The van der Waals surface area contributed by atoms with Crippen molar-refractivity contribution in [3.8, 4) is 0 Å². The van der Waals surface area contributed by atoms with Crippen molar-refractivity contribution in [2.75, 3.05) is 0 Å². The molecule has 0 spiro atoms. The molecule has 1 unspecified atom stereocenters. The lowest BCUT2D eigenvalue weighted by Crippen LogP contribution is -2.22. The number of rotatable bonds is 1. The van der Waals surface area contributed by atoms with Gasteiger partial charge in [0.25, 0.3) is 0 Å². The topological polar surface area (TPSA) is 0 Å². The van der Waals surface area contributed by atoms with Gasteiger partial charge in [0.15, 0.2) is 0 Å². The van der Waals surface area contributed by atoms with E-state index in [1.165, 1.54) is 12.1 Å². The summed E-state index contributed by atoms with van der Waals surface area (Å²) < 4.78 is 28.0. The van der Waals surface area contributed by atoms with Crippen LogP contribution in [-0.4, -0.2) is 5.38 Å². The highest BCUT2D eigenvalue weighted by atomic mass is 35.5. The lowest BCUT2D eigenvalue weighted by molar-refractivity contribution is 0.339. The Morgan fingerprint density at radius 1 is 1.28 bits per heavy atom. The molecular formula is C15H17ClF2. The second-order valence-electron chi connectivity index (χ2n) is 5.81. The molecule has 0 radical (unpaired) electrons. The Bertz CT molecular complexity index is 503. The molecule has 18 heavy (non-hydrogen) atoms. The number of hydrogen-bond acceptors (Lipinski definition) is 0. The predicted molar refractivity (Wildman–Crippen MR) is 71.7 cm³/mol. The summed E-state index contributed by atoms with van der Waals surface area (Å²) in [6.45, 7) is 5.78. The molecule has 1 aliphatic carbocycles. The smallest absolute Gasteiger partial charge is 0.136 e. The summed E-state index contributed by atoms with van der Waals surface area (Å²) in [6, 6.07) is 2.78. The zero-order valence-corrected chi connectivity index (χ0v) is 11.6. The van der Waals surface area contributed by atoms with E-state index in [1.807, 2.05) is 0 Å². The van der Waals surface area contributed by atoms with Gasteiger partial charge in [-0.25, -0.2) is 8.78 Å². The Morgan fingerprint density at radius 3 is 2.56 bits per heavy atom. The molecule has 0 aromatic heterocycles. The molecular weight excluding hydrogens is 254 g/mol. The summed E-state index contributed by atoms with van der Waals surface area (Å²) in [6.07, 6.45) is 3.26. The molecule has 0 N–H and O–H groups in total. The van der Waals surface area contributed by atoms with E-state index in [-0.39, 0.29) is 16.4 Å². The molecule has 0 bridgehead atoms. The largest absolute Gasteiger partial charge is 0.206 e. The Hall–Kier alpha value is -0.890. The van der Waals surface area contributed by atoms with Gasteiger partial charge in [-0.1, -0.05) is 26.0 Å². The SMILES string of the molecule is Cc1ccc(F)c(C2=CC(Cl)CC(C)(C)C2)c1F. The van der Waals surface area contributed by atoms with Crippen LogP contribution >= 0.6 is 11.6 Å². The second kappa shape index (κ2) is 4.65. The molecule has 1 aromatic rings. The van der Waals surface area contributed by atoms with Gasteiger partial charge < -0.3 is 0 Å². The maximum absolute atomic E-state index is 14.1. The van der Waals surface area contributed by atoms with Gasteiger partial charge in [-0.3, -0.25) is 0 Å². The van der Waals surface area contributed by atoms with Crippen LogP contribution in [0.2, 0.25) is 0 Å². The summed E-state index contributed by atoms with van der Waals surface area (Å²) in [7, 11) is 0. The number of benzene rings is 1. The fourth-order valence-electron chi connectivity index (χ4n) is 2.57. The van der Waals surface area contributed by atoms with Gasteiger partial charge in [-0.05, 0) is 42.4 Å². The van der Waals surface area contributed by atoms with Crippen molar-refractivity contribution in [1.82, 2.24) is 0 Å². The summed E-state index contributed by atoms with van der Waals surface area (Å²) in [5.74, 6) is -0.978. The Kier molecular flexibility index (Phi) is 3.50. The van der Waals surface area contributed by atoms with Crippen LogP contribution in [0.4, 0.5) is 8.78 Å². The van der Waals surface area contributed by atoms with Crippen molar-refractivity contribution in [3.05, 3.63) is 41.0 Å². The van der Waals surface area contributed by atoms with Crippen LogP contribution in [0, 0.1) is 24.0 Å². The molecule has 3 heteroatoms. The summed E-state index contributed by atoms with van der Waals surface area (Å²) >= 11 is 6.17. The first-order valence-electron chi connectivity index (χ1n) is 6.10. The van der Waals surface area contributed by atoms with Gasteiger partial charge in [0.1, 0.15) is 11.6 Å². The molecule has 1 atom stereocenters. The molecule has 0 saturated carbocycles. The monoisotopic (exact) mass is 270 g/mol. The Balaban J connectivity index is 2.52. The summed E-state index contributed by atoms with van der Waals surface area (Å²) in [5.41, 5.74) is 1.21. The van der Waals surface area contributed by atoms with Crippen molar-refractivity contribution >= 4 is 17.2 Å². The molecule has 2 rings (SSSR count). The molecule has 0 fully saturated rings. The molecule has 0 heterocycles. The van der Waals surface area contributed by atoms with Crippen LogP contribution in [-0.2, 0) is 0 Å². The van der Waals surface area contributed by atoms with E-state index in [9.17, 15) is 8.78 Å². The van der Waals surface area contributed by atoms with E-state index in [1.54, 1.807) is 13.0 Å². The minimum Gasteiger partial charge on any atom is -0.206 e. The zero-order valence-electron chi connectivity index (χ0n) is 10.9. The standard InChI is InChI=1S/C15H17ClF2/c1-9-4-5-12(17)13(14(9)18)10-6-11(16)8-15(2,3)7-10/h4-6,11H,7-8H2,1-3H3. The first-order chi connectivity index (χ1) is 8.30. The normalized spacial score (nSPS) is 22.8. The third-order valence-electron chi connectivity index (χ3n) is 3.40. The average Bonchev–Trinajstić information content (AvgIpc) is 2.21. The van der Waals surface area contributed by atoms with Crippen LogP contribution in [0.3, 0.4) is 0 Å². The lowest BCUT2D eigenvalue weighted by atomic mass is 9.75. The van der Waals surface area contributed by atoms with E-state index in [0.29, 0.717) is 17.6 Å². The van der Waals surface area contributed by atoms with E-state index >= 15 is 0 Å². The number of halogens is 3. The third-order valence-corrected chi connectivity index (χ3v) is 3.68. The first kappa shape index (κ1) is 13.5. The first-order valence-corrected chi connectivity index (χ1v) is 6.53. The molecule has 0 saturated heterocycles. The quantitative estimate of drug-likeness (QED) is 0.624. The van der Waals surface area contributed by atoms with E-state index in [4.69, 9.17) is 11.6 Å². The number of aryl methyl sites for hydroxylation is 1. The molecule has 1 aliphatic rings. The van der Waals surface area contributed by atoms with Crippen molar-refractivity contribution in [2.45, 2.75) is 39.0 Å². The van der Waals surface area contributed by atoms with E-state index < -0.39 is 11.6 Å². The van der Waals surface area contributed by atoms with Crippen molar-refractivity contribution in [1.29, 1.82) is 0 Å². The number of allylic oxidation sites excluding steroid dienone is 2. The maximum Gasteiger partial charge on any atom is 0.136 e. The minimum absolute atomic E-state index is 0.0286. The highest BCUT2D eigenvalue weighted by Crippen LogP contribution is 2.42. The van der Waals surface area contributed by atoms with Gasteiger partial charge >= 0.3 is 0 Å².